The Labute approximate surface area is 160 Å². The van der Waals surface area contributed by atoms with Crippen molar-refractivity contribution in [3.8, 4) is 0 Å². The molecule has 2 aromatic heterocycles. The predicted molar refractivity (Wildman–Crippen MR) is 109 cm³/mol. The number of benzene rings is 2. The smallest absolute Gasteiger partial charge is 0.234 e. The summed E-state index contributed by atoms with van der Waals surface area (Å²) in [6, 6.07) is 11.9. The highest BCUT2D eigenvalue weighted by Gasteiger charge is 2.12. The summed E-state index contributed by atoms with van der Waals surface area (Å²) in [5, 5.41) is 12.9. The number of carbonyl (C=O) groups is 1. The fourth-order valence-electron chi connectivity index (χ4n) is 3.04. The molecule has 0 bridgehead atoms. The predicted octanol–water partition coefficient (Wildman–Crippen LogP) is 4.16. The van der Waals surface area contributed by atoms with Crippen molar-refractivity contribution in [3.63, 3.8) is 0 Å². The van der Waals surface area contributed by atoms with E-state index in [0.29, 0.717) is 10.8 Å². The van der Waals surface area contributed by atoms with Crippen LogP contribution in [-0.4, -0.2) is 31.8 Å². The Morgan fingerprint density at radius 3 is 2.63 bits per heavy atom. The first-order valence-electron chi connectivity index (χ1n) is 8.62. The van der Waals surface area contributed by atoms with E-state index in [4.69, 9.17) is 0 Å². The number of carbonyl (C=O) groups excluding carboxylic acids is 1. The molecule has 0 aliphatic heterocycles. The number of fused-ring (bicyclic) bond motifs is 3. The first-order chi connectivity index (χ1) is 13.0. The normalized spacial score (nSPS) is 11.2. The molecule has 2 N–H and O–H groups in total. The van der Waals surface area contributed by atoms with Crippen LogP contribution < -0.4 is 5.32 Å². The number of amides is 1. The first kappa shape index (κ1) is 17.5. The van der Waals surface area contributed by atoms with Gasteiger partial charge in [-0.05, 0) is 44.5 Å². The lowest BCUT2D eigenvalue weighted by molar-refractivity contribution is -0.113. The molecule has 4 rings (SSSR count). The van der Waals surface area contributed by atoms with Crippen LogP contribution in [0.25, 0.3) is 22.1 Å². The van der Waals surface area contributed by atoms with Crippen molar-refractivity contribution in [2.75, 3.05) is 11.1 Å². The standard InChI is InChI=1S/C20H19N5OS/c1-11-4-6-14(7-5-11)21-16(26)10-27-20-23-19-18(24-25-20)15-9-12(2)8-13(3)17(15)22-19/h4-9H,10H2,1-3H3,(H,21,26)(H,22,23,25). The zero-order chi connectivity index (χ0) is 19.0. The molecular formula is C20H19N5OS. The molecule has 0 radical (unpaired) electrons. The summed E-state index contributed by atoms with van der Waals surface area (Å²) in [5.41, 5.74) is 6.73. The molecule has 27 heavy (non-hydrogen) atoms. The minimum Gasteiger partial charge on any atom is -0.337 e. The Kier molecular flexibility index (Phi) is 4.53. The number of nitrogens with zero attached hydrogens (tertiary/aromatic N) is 3. The third-order valence-electron chi connectivity index (χ3n) is 4.31. The van der Waals surface area contributed by atoms with Crippen molar-refractivity contribution >= 4 is 45.4 Å². The van der Waals surface area contributed by atoms with E-state index >= 15 is 0 Å². The molecule has 6 nitrogen and oxygen atoms in total. The molecule has 0 fully saturated rings. The van der Waals surface area contributed by atoms with E-state index in [0.717, 1.165) is 33.2 Å². The number of nitrogens with one attached hydrogen (secondary N) is 2. The minimum absolute atomic E-state index is 0.101. The molecule has 0 aliphatic rings. The third-order valence-corrected chi connectivity index (χ3v) is 5.15. The largest absolute Gasteiger partial charge is 0.337 e. The molecule has 136 valence electrons. The number of anilines is 1. The van der Waals surface area contributed by atoms with E-state index in [1.54, 1.807) is 0 Å². The Morgan fingerprint density at radius 1 is 1.07 bits per heavy atom. The van der Waals surface area contributed by atoms with E-state index in [1.807, 2.05) is 31.2 Å². The molecular weight excluding hydrogens is 358 g/mol. The van der Waals surface area contributed by atoms with E-state index in [9.17, 15) is 4.79 Å². The number of hydrogen-bond acceptors (Lipinski definition) is 5. The quantitative estimate of drug-likeness (QED) is 0.522. The van der Waals surface area contributed by atoms with E-state index < -0.39 is 0 Å². The summed E-state index contributed by atoms with van der Waals surface area (Å²) >= 11 is 1.27. The van der Waals surface area contributed by atoms with Gasteiger partial charge in [0.05, 0.1) is 11.3 Å². The van der Waals surface area contributed by atoms with Crippen LogP contribution >= 0.6 is 11.8 Å². The molecule has 0 aliphatic carbocycles. The van der Waals surface area contributed by atoms with Gasteiger partial charge >= 0.3 is 0 Å². The summed E-state index contributed by atoms with van der Waals surface area (Å²) in [5.74, 6) is 0.120. The topological polar surface area (TPSA) is 83.6 Å². The number of rotatable bonds is 4. The molecule has 0 saturated carbocycles. The maximum Gasteiger partial charge on any atom is 0.234 e. The highest BCUT2D eigenvalue weighted by molar-refractivity contribution is 7.99. The fraction of sp³-hybridized carbons (Fsp3) is 0.200. The minimum atomic E-state index is -0.101. The van der Waals surface area contributed by atoms with E-state index in [1.165, 1.54) is 17.3 Å². The van der Waals surface area contributed by atoms with Gasteiger partial charge in [-0.3, -0.25) is 4.79 Å². The lowest BCUT2D eigenvalue weighted by atomic mass is 10.1. The highest BCUT2D eigenvalue weighted by atomic mass is 32.2. The summed E-state index contributed by atoms with van der Waals surface area (Å²) in [6.45, 7) is 6.13. The Bertz CT molecular complexity index is 1150. The zero-order valence-electron chi connectivity index (χ0n) is 15.3. The molecule has 0 saturated heterocycles. The van der Waals surface area contributed by atoms with Crippen molar-refractivity contribution in [1.82, 2.24) is 20.2 Å². The van der Waals surface area contributed by atoms with Gasteiger partial charge in [-0.25, -0.2) is 4.98 Å². The van der Waals surface area contributed by atoms with E-state index in [-0.39, 0.29) is 11.7 Å². The summed E-state index contributed by atoms with van der Waals surface area (Å²) in [7, 11) is 0. The molecule has 7 heteroatoms. The van der Waals surface area contributed by atoms with Crippen LogP contribution in [0.2, 0.25) is 0 Å². The Balaban J connectivity index is 1.50. The van der Waals surface area contributed by atoms with Crippen LogP contribution in [0.1, 0.15) is 16.7 Å². The highest BCUT2D eigenvalue weighted by Crippen LogP contribution is 2.27. The molecule has 1 amide bonds. The number of hydrogen-bond donors (Lipinski definition) is 2. The SMILES string of the molecule is Cc1ccc(NC(=O)CSc2nnc3c(n2)[nH]c2c(C)cc(C)cc23)cc1. The maximum atomic E-state index is 12.1. The van der Waals surface area contributed by atoms with Gasteiger partial charge in [-0.15, -0.1) is 10.2 Å². The lowest BCUT2D eigenvalue weighted by Gasteiger charge is -2.04. The fourth-order valence-corrected chi connectivity index (χ4v) is 3.63. The van der Waals surface area contributed by atoms with Crippen LogP contribution in [0.5, 0.6) is 0 Å². The van der Waals surface area contributed by atoms with Crippen molar-refractivity contribution in [1.29, 1.82) is 0 Å². The number of H-pyrrole nitrogens is 1. The van der Waals surface area contributed by atoms with Crippen molar-refractivity contribution in [2.45, 2.75) is 25.9 Å². The van der Waals surface area contributed by atoms with Crippen LogP contribution in [0, 0.1) is 20.8 Å². The number of aromatic amines is 1. The lowest BCUT2D eigenvalue weighted by Crippen LogP contribution is -2.14. The Morgan fingerprint density at radius 2 is 1.85 bits per heavy atom. The van der Waals surface area contributed by atoms with Gasteiger partial charge in [-0.2, -0.15) is 0 Å². The van der Waals surface area contributed by atoms with Gasteiger partial charge in [0, 0.05) is 11.1 Å². The van der Waals surface area contributed by atoms with Gasteiger partial charge in [0.25, 0.3) is 0 Å². The van der Waals surface area contributed by atoms with Crippen LogP contribution in [0.15, 0.2) is 41.6 Å². The molecule has 2 aromatic carbocycles. The second kappa shape index (κ2) is 7.00. The van der Waals surface area contributed by atoms with Gasteiger partial charge in [0.15, 0.2) is 5.65 Å². The second-order valence-electron chi connectivity index (χ2n) is 6.62. The van der Waals surface area contributed by atoms with Gasteiger partial charge in [0.1, 0.15) is 5.52 Å². The summed E-state index contributed by atoms with van der Waals surface area (Å²) in [6.07, 6.45) is 0. The first-order valence-corrected chi connectivity index (χ1v) is 9.61. The molecule has 0 spiro atoms. The zero-order valence-corrected chi connectivity index (χ0v) is 16.1. The monoisotopic (exact) mass is 377 g/mol. The molecule has 2 heterocycles. The molecule has 0 unspecified atom stereocenters. The Hall–Kier alpha value is -2.93. The van der Waals surface area contributed by atoms with Crippen LogP contribution in [0.4, 0.5) is 5.69 Å². The van der Waals surface area contributed by atoms with Gasteiger partial charge in [-0.1, -0.05) is 41.1 Å². The third kappa shape index (κ3) is 3.64. The molecule has 0 atom stereocenters. The van der Waals surface area contributed by atoms with Crippen LogP contribution in [-0.2, 0) is 4.79 Å². The number of aryl methyl sites for hydroxylation is 3. The van der Waals surface area contributed by atoms with Gasteiger partial charge < -0.3 is 10.3 Å². The summed E-state index contributed by atoms with van der Waals surface area (Å²) in [4.78, 5) is 20.0. The van der Waals surface area contributed by atoms with Crippen molar-refractivity contribution in [3.05, 3.63) is 53.1 Å². The van der Waals surface area contributed by atoms with Gasteiger partial charge in [0.2, 0.25) is 11.1 Å². The van der Waals surface area contributed by atoms with E-state index in [2.05, 4.69) is 51.5 Å². The summed E-state index contributed by atoms with van der Waals surface area (Å²) < 4.78 is 0. The van der Waals surface area contributed by atoms with Crippen LogP contribution in [0.3, 0.4) is 0 Å². The number of aromatic nitrogens is 4. The number of thioether (sulfide) groups is 1. The van der Waals surface area contributed by atoms with Crippen molar-refractivity contribution < 1.29 is 4.79 Å². The second-order valence-corrected chi connectivity index (χ2v) is 7.57. The average molecular weight is 377 g/mol. The van der Waals surface area contributed by atoms with Crippen molar-refractivity contribution in [2.24, 2.45) is 0 Å². The maximum absolute atomic E-state index is 12.1. The average Bonchev–Trinajstić information content (AvgIpc) is 3.00. The molecule has 4 aromatic rings.